The van der Waals surface area contributed by atoms with Crippen LogP contribution in [0.4, 0.5) is 11.4 Å². The van der Waals surface area contributed by atoms with Crippen LogP contribution in [0.3, 0.4) is 0 Å². The van der Waals surface area contributed by atoms with Crippen molar-refractivity contribution in [3.05, 3.63) is 119 Å². The molecule has 0 aliphatic heterocycles. The normalized spacial score (nSPS) is 11.0. The monoisotopic (exact) mass is 534 g/mol. The third-order valence-corrected chi connectivity index (χ3v) is 7.76. The third-order valence-electron chi connectivity index (χ3n) is 5.72. The molecule has 0 saturated heterocycles. The highest BCUT2D eigenvalue weighted by molar-refractivity contribution is 7.92. The van der Waals surface area contributed by atoms with E-state index in [1.165, 1.54) is 56.6 Å². The Hall–Kier alpha value is -4.14. The van der Waals surface area contributed by atoms with E-state index in [9.17, 15) is 18.0 Å². The first kappa shape index (κ1) is 25.9. The third kappa shape index (κ3) is 5.66. The Balaban J connectivity index is 1.54. The van der Waals surface area contributed by atoms with Crippen LogP contribution >= 0.6 is 11.6 Å². The van der Waals surface area contributed by atoms with Crippen molar-refractivity contribution in [3.8, 4) is 5.75 Å². The SMILES string of the molecule is COc1ccc(S(=O)(=O)N(C)c2ccc(C(=O)Nc3ccc(Cl)cc3C(=O)c3ccccc3)cc2)cc1. The van der Waals surface area contributed by atoms with Gasteiger partial charge in [-0.2, -0.15) is 0 Å². The highest BCUT2D eigenvalue weighted by atomic mass is 35.5. The van der Waals surface area contributed by atoms with Gasteiger partial charge >= 0.3 is 0 Å². The fourth-order valence-corrected chi connectivity index (χ4v) is 4.99. The van der Waals surface area contributed by atoms with Crippen LogP contribution in [-0.2, 0) is 10.0 Å². The average molecular weight is 535 g/mol. The lowest BCUT2D eigenvalue weighted by atomic mass is 10.0. The minimum atomic E-state index is -3.82. The topological polar surface area (TPSA) is 92.8 Å². The zero-order valence-electron chi connectivity index (χ0n) is 20.0. The van der Waals surface area contributed by atoms with Crippen LogP contribution in [-0.4, -0.2) is 34.3 Å². The van der Waals surface area contributed by atoms with Crippen LogP contribution < -0.4 is 14.4 Å². The van der Waals surface area contributed by atoms with Crippen molar-refractivity contribution in [2.45, 2.75) is 4.90 Å². The van der Waals surface area contributed by atoms with E-state index in [4.69, 9.17) is 16.3 Å². The molecule has 1 N–H and O–H groups in total. The number of nitrogens with one attached hydrogen (secondary N) is 1. The van der Waals surface area contributed by atoms with Gasteiger partial charge in [0.25, 0.3) is 15.9 Å². The lowest BCUT2D eigenvalue weighted by molar-refractivity contribution is 0.102. The summed E-state index contributed by atoms with van der Waals surface area (Å²) in [7, 11) is -0.880. The fraction of sp³-hybridized carbons (Fsp3) is 0.0714. The van der Waals surface area contributed by atoms with Crippen molar-refractivity contribution in [1.29, 1.82) is 0 Å². The van der Waals surface area contributed by atoms with Gasteiger partial charge in [0.1, 0.15) is 5.75 Å². The molecule has 0 heterocycles. The van der Waals surface area contributed by atoms with Crippen LogP contribution in [0.15, 0.2) is 102 Å². The highest BCUT2D eigenvalue weighted by Crippen LogP contribution is 2.26. The van der Waals surface area contributed by atoms with Gasteiger partial charge in [0, 0.05) is 28.8 Å². The lowest BCUT2D eigenvalue weighted by Crippen LogP contribution is -2.26. The molecule has 37 heavy (non-hydrogen) atoms. The van der Waals surface area contributed by atoms with Gasteiger partial charge in [0.2, 0.25) is 0 Å². The predicted molar refractivity (Wildman–Crippen MR) is 144 cm³/mol. The van der Waals surface area contributed by atoms with Gasteiger partial charge in [-0.3, -0.25) is 13.9 Å². The molecule has 9 heteroatoms. The highest BCUT2D eigenvalue weighted by Gasteiger charge is 2.22. The van der Waals surface area contributed by atoms with E-state index in [0.29, 0.717) is 27.7 Å². The largest absolute Gasteiger partial charge is 0.497 e. The minimum Gasteiger partial charge on any atom is -0.497 e. The van der Waals surface area contributed by atoms with Gasteiger partial charge in [-0.25, -0.2) is 8.42 Å². The van der Waals surface area contributed by atoms with E-state index in [0.717, 1.165) is 4.31 Å². The Morgan fingerprint density at radius 1 is 0.838 bits per heavy atom. The molecule has 0 radical (unpaired) electrons. The van der Waals surface area contributed by atoms with E-state index in [-0.39, 0.29) is 21.8 Å². The smallest absolute Gasteiger partial charge is 0.264 e. The summed E-state index contributed by atoms with van der Waals surface area (Å²) in [6.45, 7) is 0. The number of methoxy groups -OCH3 is 1. The summed E-state index contributed by atoms with van der Waals surface area (Å²) < 4.78 is 32.2. The standard InChI is InChI=1S/C28H23ClN2O5S/c1-31(37(34,35)24-15-13-23(36-2)14-16-24)22-11-8-20(9-12-22)28(33)30-26-17-10-21(29)18-25(26)27(32)19-6-4-3-5-7-19/h3-18H,1-2H3,(H,30,33). The number of anilines is 2. The van der Waals surface area contributed by atoms with Crippen LogP contribution in [0.25, 0.3) is 0 Å². The number of halogens is 1. The van der Waals surface area contributed by atoms with Gasteiger partial charge in [-0.15, -0.1) is 0 Å². The van der Waals surface area contributed by atoms with Crippen LogP contribution in [0.1, 0.15) is 26.3 Å². The summed E-state index contributed by atoms with van der Waals surface area (Å²) in [5, 5.41) is 3.12. The zero-order chi connectivity index (χ0) is 26.6. The summed E-state index contributed by atoms with van der Waals surface area (Å²) >= 11 is 6.12. The number of hydrogen-bond acceptors (Lipinski definition) is 5. The Morgan fingerprint density at radius 2 is 1.49 bits per heavy atom. The molecule has 0 aromatic heterocycles. The Bertz CT molecular complexity index is 1540. The average Bonchev–Trinajstić information content (AvgIpc) is 2.93. The minimum absolute atomic E-state index is 0.107. The van der Waals surface area contributed by atoms with Crippen molar-refractivity contribution < 1.29 is 22.7 Å². The van der Waals surface area contributed by atoms with Crippen LogP contribution in [0, 0.1) is 0 Å². The number of ketones is 1. The van der Waals surface area contributed by atoms with E-state index < -0.39 is 15.9 Å². The molecular weight excluding hydrogens is 512 g/mol. The first-order chi connectivity index (χ1) is 17.7. The summed E-state index contributed by atoms with van der Waals surface area (Å²) in [5.41, 5.74) is 1.69. The predicted octanol–water partition coefficient (Wildman–Crippen LogP) is 5.66. The summed E-state index contributed by atoms with van der Waals surface area (Å²) in [6, 6.07) is 25.5. The maximum Gasteiger partial charge on any atom is 0.264 e. The number of carbonyl (C=O) groups is 2. The molecule has 0 spiro atoms. The van der Waals surface area contributed by atoms with E-state index in [1.54, 1.807) is 54.6 Å². The Labute approximate surface area is 220 Å². The summed E-state index contributed by atoms with van der Waals surface area (Å²) in [4.78, 5) is 26.1. The second kappa shape index (κ2) is 10.9. The molecule has 1 amide bonds. The van der Waals surface area contributed by atoms with Gasteiger partial charge in [0.05, 0.1) is 23.4 Å². The number of rotatable bonds is 8. The molecule has 0 bridgehead atoms. The molecular formula is C28H23ClN2O5S. The molecule has 4 aromatic rings. The maximum atomic E-state index is 13.0. The molecule has 0 fully saturated rings. The van der Waals surface area contributed by atoms with Crippen molar-refractivity contribution >= 4 is 44.7 Å². The van der Waals surface area contributed by atoms with Crippen LogP contribution in [0.2, 0.25) is 5.02 Å². The number of ether oxygens (including phenoxy) is 1. The first-order valence-corrected chi connectivity index (χ1v) is 13.0. The summed E-state index contributed by atoms with van der Waals surface area (Å²) in [5.74, 6) is -0.193. The molecule has 188 valence electrons. The molecule has 0 saturated carbocycles. The second-order valence-electron chi connectivity index (χ2n) is 8.03. The van der Waals surface area contributed by atoms with Crippen molar-refractivity contribution in [3.63, 3.8) is 0 Å². The van der Waals surface area contributed by atoms with Gasteiger partial charge < -0.3 is 10.1 Å². The van der Waals surface area contributed by atoms with Gasteiger partial charge in [0.15, 0.2) is 5.78 Å². The zero-order valence-corrected chi connectivity index (χ0v) is 21.6. The first-order valence-electron chi connectivity index (χ1n) is 11.1. The van der Waals surface area contributed by atoms with E-state index in [2.05, 4.69) is 5.32 Å². The Kier molecular flexibility index (Phi) is 7.61. The summed E-state index contributed by atoms with van der Waals surface area (Å²) in [6.07, 6.45) is 0. The molecule has 0 unspecified atom stereocenters. The molecule has 0 atom stereocenters. The maximum absolute atomic E-state index is 13.0. The van der Waals surface area contributed by atoms with E-state index >= 15 is 0 Å². The number of amides is 1. The lowest BCUT2D eigenvalue weighted by Gasteiger charge is -2.20. The van der Waals surface area contributed by atoms with Gasteiger partial charge in [-0.05, 0) is 66.7 Å². The quantitative estimate of drug-likeness (QED) is 0.295. The van der Waals surface area contributed by atoms with Gasteiger partial charge in [-0.1, -0.05) is 41.9 Å². The molecule has 4 aromatic carbocycles. The number of sulfonamides is 1. The number of benzene rings is 4. The molecule has 4 rings (SSSR count). The molecule has 0 aliphatic rings. The van der Waals surface area contributed by atoms with E-state index in [1.807, 2.05) is 0 Å². The fourth-order valence-electron chi connectivity index (χ4n) is 3.62. The van der Waals surface area contributed by atoms with Crippen molar-refractivity contribution in [2.75, 3.05) is 23.8 Å². The number of carbonyl (C=O) groups excluding carboxylic acids is 2. The van der Waals surface area contributed by atoms with Crippen LogP contribution in [0.5, 0.6) is 5.75 Å². The number of hydrogen-bond donors (Lipinski definition) is 1. The van der Waals surface area contributed by atoms with Crippen molar-refractivity contribution in [2.24, 2.45) is 0 Å². The van der Waals surface area contributed by atoms with Crippen molar-refractivity contribution in [1.82, 2.24) is 0 Å². The number of nitrogens with zero attached hydrogens (tertiary/aromatic N) is 1. The molecule has 0 aliphatic carbocycles. The second-order valence-corrected chi connectivity index (χ2v) is 10.4. The Morgan fingerprint density at radius 3 is 2.11 bits per heavy atom. The molecule has 7 nitrogen and oxygen atoms in total.